The van der Waals surface area contributed by atoms with Crippen molar-refractivity contribution in [3.8, 4) is 11.5 Å². The third-order valence-corrected chi connectivity index (χ3v) is 3.89. The molecule has 0 aromatic heterocycles. The minimum atomic E-state index is 0.184. The van der Waals surface area contributed by atoms with Gasteiger partial charge >= 0.3 is 0 Å². The summed E-state index contributed by atoms with van der Waals surface area (Å²) in [7, 11) is 5.26. The molecule has 1 atom stereocenters. The Labute approximate surface area is 129 Å². The molecular formula is C15H24BrNO3. The maximum atomic E-state index is 5.57. The van der Waals surface area contributed by atoms with Gasteiger partial charge in [0, 0.05) is 24.8 Å². The predicted molar refractivity (Wildman–Crippen MR) is 84.8 cm³/mol. The van der Waals surface area contributed by atoms with Crippen molar-refractivity contribution in [1.29, 1.82) is 0 Å². The number of hydrogen-bond acceptors (Lipinski definition) is 4. The first-order valence-electron chi connectivity index (χ1n) is 6.84. The number of methoxy groups -OCH3 is 2. The van der Waals surface area contributed by atoms with Crippen LogP contribution in [0.2, 0.25) is 0 Å². The second-order valence-electron chi connectivity index (χ2n) is 4.45. The van der Waals surface area contributed by atoms with Gasteiger partial charge in [-0.2, -0.15) is 0 Å². The molecule has 0 aliphatic carbocycles. The summed E-state index contributed by atoms with van der Waals surface area (Å²) in [5.41, 5.74) is 1.10. The molecule has 0 spiro atoms. The molecule has 1 rings (SSSR count). The molecule has 0 aliphatic heterocycles. The van der Waals surface area contributed by atoms with Crippen LogP contribution in [0.1, 0.15) is 31.4 Å². The molecular weight excluding hydrogens is 322 g/mol. The molecule has 114 valence electrons. The highest BCUT2D eigenvalue weighted by Gasteiger charge is 2.19. The first kappa shape index (κ1) is 17.3. The van der Waals surface area contributed by atoms with Gasteiger partial charge in [-0.05, 0) is 48.0 Å². The topological polar surface area (TPSA) is 39.7 Å². The molecule has 0 aliphatic rings. The van der Waals surface area contributed by atoms with Gasteiger partial charge in [-0.3, -0.25) is 0 Å². The molecule has 5 heteroatoms. The smallest absolute Gasteiger partial charge is 0.141 e. The largest absolute Gasteiger partial charge is 0.495 e. The molecule has 0 saturated heterocycles. The number of hydrogen-bond donors (Lipinski definition) is 1. The molecule has 0 bridgehead atoms. The van der Waals surface area contributed by atoms with Crippen molar-refractivity contribution in [1.82, 2.24) is 5.32 Å². The van der Waals surface area contributed by atoms with Crippen LogP contribution in [-0.2, 0) is 4.74 Å². The van der Waals surface area contributed by atoms with E-state index in [4.69, 9.17) is 14.2 Å². The van der Waals surface area contributed by atoms with Crippen molar-refractivity contribution in [2.45, 2.75) is 25.8 Å². The Bertz CT molecular complexity index is 412. The molecule has 1 aromatic rings. The van der Waals surface area contributed by atoms with E-state index in [2.05, 4.69) is 28.2 Å². The van der Waals surface area contributed by atoms with Gasteiger partial charge in [0.1, 0.15) is 16.0 Å². The average molecular weight is 346 g/mol. The fraction of sp³-hybridized carbons (Fsp3) is 0.600. The summed E-state index contributed by atoms with van der Waals surface area (Å²) in [6.07, 6.45) is 1.94. The van der Waals surface area contributed by atoms with Crippen LogP contribution >= 0.6 is 15.9 Å². The van der Waals surface area contributed by atoms with E-state index < -0.39 is 0 Å². The lowest BCUT2D eigenvalue weighted by molar-refractivity contribution is 0.125. The Kier molecular flexibility index (Phi) is 7.95. The lowest BCUT2D eigenvalue weighted by atomic mass is 10.0. The molecule has 1 N–H and O–H groups in total. The second kappa shape index (κ2) is 9.21. The second-order valence-corrected chi connectivity index (χ2v) is 5.24. The summed E-state index contributed by atoms with van der Waals surface area (Å²) in [4.78, 5) is 0. The number of nitrogens with one attached hydrogen (secondary N) is 1. The van der Waals surface area contributed by atoms with Gasteiger partial charge in [0.15, 0.2) is 0 Å². The maximum absolute atomic E-state index is 5.57. The fourth-order valence-electron chi connectivity index (χ4n) is 2.10. The van der Waals surface area contributed by atoms with Gasteiger partial charge in [0.25, 0.3) is 0 Å². The molecule has 1 aromatic carbocycles. The molecule has 0 radical (unpaired) electrons. The van der Waals surface area contributed by atoms with Crippen LogP contribution in [0.25, 0.3) is 0 Å². The Balaban J connectivity index is 2.88. The molecule has 0 saturated carbocycles. The van der Waals surface area contributed by atoms with E-state index in [0.29, 0.717) is 0 Å². The monoisotopic (exact) mass is 345 g/mol. The van der Waals surface area contributed by atoms with Gasteiger partial charge in [-0.1, -0.05) is 6.92 Å². The third-order valence-electron chi connectivity index (χ3n) is 3.14. The summed E-state index contributed by atoms with van der Waals surface area (Å²) in [6, 6.07) is 4.16. The Morgan fingerprint density at radius 3 is 2.50 bits per heavy atom. The van der Waals surface area contributed by atoms with E-state index in [1.165, 1.54) is 0 Å². The van der Waals surface area contributed by atoms with E-state index in [9.17, 15) is 0 Å². The van der Waals surface area contributed by atoms with Gasteiger partial charge in [0.05, 0.1) is 14.2 Å². The lowest BCUT2D eigenvalue weighted by Gasteiger charge is -2.21. The van der Waals surface area contributed by atoms with Crippen LogP contribution in [0.5, 0.6) is 11.5 Å². The predicted octanol–water partition coefficient (Wildman–Crippen LogP) is 3.54. The van der Waals surface area contributed by atoms with E-state index in [1.807, 2.05) is 19.2 Å². The van der Waals surface area contributed by atoms with Crippen LogP contribution in [-0.4, -0.2) is 34.5 Å². The normalized spacial score (nSPS) is 12.2. The van der Waals surface area contributed by atoms with Crippen molar-refractivity contribution >= 4 is 15.9 Å². The third kappa shape index (κ3) is 4.36. The summed E-state index contributed by atoms with van der Waals surface area (Å²) in [5.74, 6) is 1.57. The van der Waals surface area contributed by atoms with Crippen LogP contribution in [0.3, 0.4) is 0 Å². The zero-order valence-electron chi connectivity index (χ0n) is 12.7. The van der Waals surface area contributed by atoms with Crippen molar-refractivity contribution in [3.05, 3.63) is 22.2 Å². The highest BCUT2D eigenvalue weighted by molar-refractivity contribution is 9.10. The highest BCUT2D eigenvalue weighted by atomic mass is 79.9. The standard InChI is InChI=1S/C15H24BrNO3/c1-5-9-20-10-8-12(17-2)11-6-7-13(18-3)14(16)15(11)19-4/h6-7,12,17H,5,8-10H2,1-4H3. The first-order valence-corrected chi connectivity index (χ1v) is 7.64. The van der Waals surface area contributed by atoms with E-state index in [-0.39, 0.29) is 6.04 Å². The number of benzene rings is 1. The van der Waals surface area contributed by atoms with Gasteiger partial charge in [-0.15, -0.1) is 0 Å². The lowest BCUT2D eigenvalue weighted by Crippen LogP contribution is -2.19. The van der Waals surface area contributed by atoms with Crippen LogP contribution < -0.4 is 14.8 Å². The first-order chi connectivity index (χ1) is 9.69. The van der Waals surface area contributed by atoms with Gasteiger partial charge in [0.2, 0.25) is 0 Å². The summed E-state index contributed by atoms with van der Waals surface area (Å²) < 4.78 is 17.2. The summed E-state index contributed by atoms with van der Waals surface area (Å²) >= 11 is 3.53. The van der Waals surface area contributed by atoms with Crippen molar-refractivity contribution in [2.75, 3.05) is 34.5 Å². The van der Waals surface area contributed by atoms with E-state index in [0.717, 1.165) is 47.6 Å². The minimum absolute atomic E-state index is 0.184. The minimum Gasteiger partial charge on any atom is -0.495 e. The zero-order chi connectivity index (χ0) is 15.0. The molecule has 20 heavy (non-hydrogen) atoms. The highest BCUT2D eigenvalue weighted by Crippen LogP contribution is 2.40. The molecule has 0 heterocycles. The van der Waals surface area contributed by atoms with Crippen molar-refractivity contribution in [3.63, 3.8) is 0 Å². The van der Waals surface area contributed by atoms with Crippen LogP contribution in [0.4, 0.5) is 0 Å². The quantitative estimate of drug-likeness (QED) is 0.695. The Morgan fingerprint density at radius 2 is 1.95 bits per heavy atom. The van der Waals surface area contributed by atoms with Crippen molar-refractivity contribution in [2.24, 2.45) is 0 Å². The summed E-state index contributed by atoms with van der Waals surface area (Å²) in [5, 5.41) is 3.31. The fourth-order valence-corrected chi connectivity index (χ4v) is 2.78. The molecule has 1 unspecified atom stereocenters. The van der Waals surface area contributed by atoms with Crippen LogP contribution in [0, 0.1) is 0 Å². The van der Waals surface area contributed by atoms with Crippen molar-refractivity contribution < 1.29 is 14.2 Å². The summed E-state index contributed by atoms with van der Waals surface area (Å²) in [6.45, 7) is 3.64. The average Bonchev–Trinajstić information content (AvgIpc) is 2.47. The van der Waals surface area contributed by atoms with Crippen LogP contribution in [0.15, 0.2) is 16.6 Å². The number of halogens is 1. The number of ether oxygens (including phenoxy) is 3. The molecule has 0 amide bonds. The van der Waals surface area contributed by atoms with Gasteiger partial charge < -0.3 is 19.5 Å². The number of rotatable bonds is 9. The molecule has 4 nitrogen and oxygen atoms in total. The SMILES string of the molecule is CCCOCCC(NC)c1ccc(OC)c(Br)c1OC. The van der Waals surface area contributed by atoms with E-state index >= 15 is 0 Å². The Hall–Kier alpha value is -0.780. The van der Waals surface area contributed by atoms with E-state index in [1.54, 1.807) is 14.2 Å². The molecule has 0 fully saturated rings. The Morgan fingerprint density at radius 1 is 1.20 bits per heavy atom. The maximum Gasteiger partial charge on any atom is 0.141 e. The zero-order valence-corrected chi connectivity index (χ0v) is 14.2. The van der Waals surface area contributed by atoms with Gasteiger partial charge in [-0.25, -0.2) is 0 Å².